The van der Waals surface area contributed by atoms with E-state index in [2.05, 4.69) is 10.0 Å². The number of alkyl carbamates (subject to hydrolysis) is 1. The van der Waals surface area contributed by atoms with E-state index in [0.717, 1.165) is 5.56 Å². The number of amides is 1. The van der Waals surface area contributed by atoms with Crippen molar-refractivity contribution >= 4 is 22.1 Å². The van der Waals surface area contributed by atoms with Crippen molar-refractivity contribution in [1.29, 1.82) is 0 Å². The number of benzene rings is 1. The molecule has 1 unspecified atom stereocenters. The molecule has 8 nitrogen and oxygen atoms in total. The Morgan fingerprint density at radius 2 is 1.74 bits per heavy atom. The summed E-state index contributed by atoms with van der Waals surface area (Å²) < 4.78 is 32.0. The molecule has 1 aromatic rings. The molecule has 152 valence electrons. The van der Waals surface area contributed by atoms with Crippen LogP contribution in [0.1, 0.15) is 45.6 Å². The second-order valence-corrected chi connectivity index (χ2v) is 8.96. The van der Waals surface area contributed by atoms with Gasteiger partial charge in [0.2, 0.25) is 10.0 Å². The third kappa shape index (κ3) is 8.87. The van der Waals surface area contributed by atoms with Crippen molar-refractivity contribution < 1.29 is 27.9 Å². The summed E-state index contributed by atoms with van der Waals surface area (Å²) in [6, 6.07) is 4.92. The minimum atomic E-state index is -3.92. The molecule has 0 aliphatic heterocycles. The van der Waals surface area contributed by atoms with Gasteiger partial charge >= 0.3 is 12.1 Å². The van der Waals surface area contributed by atoms with Gasteiger partial charge in [-0.05, 0) is 59.1 Å². The summed E-state index contributed by atoms with van der Waals surface area (Å²) in [5, 5.41) is 11.9. The van der Waals surface area contributed by atoms with E-state index < -0.39 is 33.7 Å². The summed E-state index contributed by atoms with van der Waals surface area (Å²) in [5.41, 5.74) is 0.313. The average molecular weight is 400 g/mol. The van der Waals surface area contributed by atoms with Gasteiger partial charge < -0.3 is 15.2 Å². The monoisotopic (exact) mass is 400 g/mol. The minimum Gasteiger partial charge on any atom is -0.480 e. The Hall–Kier alpha value is -2.13. The Morgan fingerprint density at radius 3 is 2.26 bits per heavy atom. The highest BCUT2D eigenvalue weighted by Gasteiger charge is 2.25. The highest BCUT2D eigenvalue weighted by atomic mass is 32.2. The van der Waals surface area contributed by atoms with Crippen LogP contribution in [0, 0.1) is 6.92 Å². The zero-order chi connectivity index (χ0) is 20.7. The first kappa shape index (κ1) is 22.9. The summed E-state index contributed by atoms with van der Waals surface area (Å²) in [7, 11) is -3.92. The first-order valence-corrected chi connectivity index (χ1v) is 10.2. The standard InChI is InChI=1S/C18H28N2O6S/c1-13-8-10-14(11-9-13)27(24,25)20-15(16(21)22)7-5-6-12-19-17(23)26-18(2,3)4/h8-11,15,20H,5-7,12H2,1-4H3,(H,19,23)(H,21,22). The number of aliphatic carboxylic acids is 1. The van der Waals surface area contributed by atoms with Crippen LogP contribution in [0.5, 0.6) is 0 Å². The quantitative estimate of drug-likeness (QED) is 0.547. The van der Waals surface area contributed by atoms with E-state index in [1.807, 2.05) is 6.92 Å². The molecule has 1 aromatic carbocycles. The number of carbonyl (C=O) groups is 2. The van der Waals surface area contributed by atoms with Crippen LogP contribution in [0.2, 0.25) is 0 Å². The SMILES string of the molecule is Cc1ccc(S(=O)(=O)NC(CCCCNC(=O)OC(C)(C)C)C(=O)O)cc1. The number of carbonyl (C=O) groups excluding carboxylic acids is 1. The smallest absolute Gasteiger partial charge is 0.407 e. The minimum absolute atomic E-state index is 0.0194. The van der Waals surface area contributed by atoms with Gasteiger partial charge in [0.05, 0.1) is 4.90 Å². The highest BCUT2D eigenvalue weighted by molar-refractivity contribution is 7.89. The number of rotatable bonds is 9. The summed E-state index contributed by atoms with van der Waals surface area (Å²) in [6.45, 7) is 7.40. The van der Waals surface area contributed by atoms with Crippen LogP contribution >= 0.6 is 0 Å². The molecule has 0 heterocycles. The molecule has 1 rings (SSSR count). The lowest BCUT2D eigenvalue weighted by Gasteiger charge is -2.19. The fraction of sp³-hybridized carbons (Fsp3) is 0.556. The Kier molecular flexibility index (Phi) is 8.23. The molecule has 0 aliphatic carbocycles. The van der Waals surface area contributed by atoms with E-state index in [1.54, 1.807) is 32.9 Å². The van der Waals surface area contributed by atoms with E-state index in [1.165, 1.54) is 12.1 Å². The lowest BCUT2D eigenvalue weighted by molar-refractivity contribution is -0.139. The first-order valence-electron chi connectivity index (χ1n) is 8.69. The summed E-state index contributed by atoms with van der Waals surface area (Å²) in [4.78, 5) is 22.9. The van der Waals surface area contributed by atoms with Crippen LogP contribution in [0.4, 0.5) is 4.79 Å². The number of carboxylic acids is 1. The topological polar surface area (TPSA) is 122 Å². The van der Waals surface area contributed by atoms with Crippen molar-refractivity contribution in [2.24, 2.45) is 0 Å². The van der Waals surface area contributed by atoms with E-state index >= 15 is 0 Å². The van der Waals surface area contributed by atoms with Gasteiger partial charge in [0.25, 0.3) is 0 Å². The van der Waals surface area contributed by atoms with E-state index in [-0.39, 0.29) is 11.3 Å². The molecule has 0 bridgehead atoms. The fourth-order valence-corrected chi connectivity index (χ4v) is 3.41. The molecule has 0 saturated heterocycles. The Morgan fingerprint density at radius 1 is 1.15 bits per heavy atom. The van der Waals surface area contributed by atoms with Gasteiger partial charge in [-0.25, -0.2) is 13.2 Å². The highest BCUT2D eigenvalue weighted by Crippen LogP contribution is 2.12. The zero-order valence-corrected chi connectivity index (χ0v) is 16.9. The number of ether oxygens (including phenoxy) is 1. The lowest BCUT2D eigenvalue weighted by Crippen LogP contribution is -2.40. The van der Waals surface area contributed by atoms with Crippen molar-refractivity contribution in [3.63, 3.8) is 0 Å². The van der Waals surface area contributed by atoms with E-state index in [4.69, 9.17) is 4.74 Å². The predicted octanol–water partition coefficient (Wildman–Crippen LogP) is 2.42. The second kappa shape index (κ2) is 9.70. The number of unbranched alkanes of at least 4 members (excludes halogenated alkanes) is 1. The van der Waals surface area contributed by atoms with E-state index in [9.17, 15) is 23.1 Å². The Bertz CT molecular complexity index is 738. The molecule has 0 radical (unpaired) electrons. The van der Waals surface area contributed by atoms with Crippen molar-refractivity contribution in [2.45, 2.75) is 63.5 Å². The first-order chi connectivity index (χ1) is 12.4. The van der Waals surface area contributed by atoms with E-state index in [0.29, 0.717) is 19.4 Å². The van der Waals surface area contributed by atoms with Gasteiger partial charge in [-0.2, -0.15) is 4.72 Å². The molecule has 1 atom stereocenters. The molecule has 27 heavy (non-hydrogen) atoms. The molecule has 0 aliphatic rings. The summed E-state index contributed by atoms with van der Waals surface area (Å²) >= 11 is 0. The third-order valence-corrected chi connectivity index (χ3v) is 5.00. The van der Waals surface area contributed by atoms with Gasteiger partial charge in [-0.15, -0.1) is 0 Å². The fourth-order valence-electron chi connectivity index (χ4n) is 2.18. The van der Waals surface area contributed by atoms with Crippen molar-refractivity contribution in [3.8, 4) is 0 Å². The normalized spacial score (nSPS) is 13.0. The number of carboxylic acid groups (broad SMARTS) is 1. The van der Waals surface area contributed by atoms with Crippen LogP contribution in [-0.2, 0) is 19.6 Å². The molecule has 0 spiro atoms. The number of aryl methyl sites for hydroxylation is 1. The Labute approximate surface area is 160 Å². The third-order valence-electron chi connectivity index (χ3n) is 3.51. The maximum atomic E-state index is 12.3. The molecule has 3 N–H and O–H groups in total. The van der Waals surface area contributed by atoms with Crippen LogP contribution < -0.4 is 10.0 Å². The lowest BCUT2D eigenvalue weighted by atomic mass is 10.1. The molecule has 0 aromatic heterocycles. The van der Waals surface area contributed by atoms with Crippen molar-refractivity contribution in [2.75, 3.05) is 6.54 Å². The molecule has 9 heteroatoms. The van der Waals surface area contributed by atoms with Crippen molar-refractivity contribution in [3.05, 3.63) is 29.8 Å². The number of nitrogens with one attached hydrogen (secondary N) is 2. The number of sulfonamides is 1. The zero-order valence-electron chi connectivity index (χ0n) is 16.1. The van der Waals surface area contributed by atoms with Gasteiger partial charge in [0.1, 0.15) is 11.6 Å². The number of hydrogen-bond donors (Lipinski definition) is 3. The van der Waals surface area contributed by atoms with Crippen LogP contribution in [-0.4, -0.2) is 43.8 Å². The molecular formula is C18H28N2O6S. The predicted molar refractivity (Wildman–Crippen MR) is 101 cm³/mol. The maximum Gasteiger partial charge on any atom is 0.407 e. The summed E-state index contributed by atoms with van der Waals surface area (Å²) in [5.74, 6) is -1.24. The molecule has 0 fully saturated rings. The maximum absolute atomic E-state index is 12.3. The second-order valence-electron chi connectivity index (χ2n) is 7.25. The van der Waals surface area contributed by atoms with Crippen molar-refractivity contribution in [1.82, 2.24) is 10.0 Å². The van der Waals surface area contributed by atoms with Crippen LogP contribution in [0.25, 0.3) is 0 Å². The molecule has 0 saturated carbocycles. The van der Waals surface area contributed by atoms with Gasteiger partial charge in [0.15, 0.2) is 0 Å². The Balaban J connectivity index is 2.49. The summed E-state index contributed by atoms with van der Waals surface area (Å²) in [6.07, 6.45) is 0.479. The van der Waals surface area contributed by atoms with Gasteiger partial charge in [0, 0.05) is 6.54 Å². The average Bonchev–Trinajstić information content (AvgIpc) is 2.51. The molecular weight excluding hydrogens is 372 g/mol. The van der Waals surface area contributed by atoms with Gasteiger partial charge in [-0.3, -0.25) is 4.79 Å². The van der Waals surface area contributed by atoms with Crippen LogP contribution in [0.3, 0.4) is 0 Å². The van der Waals surface area contributed by atoms with Crippen LogP contribution in [0.15, 0.2) is 29.2 Å². The number of hydrogen-bond acceptors (Lipinski definition) is 5. The molecule has 1 amide bonds. The van der Waals surface area contributed by atoms with Gasteiger partial charge in [-0.1, -0.05) is 17.7 Å². The largest absolute Gasteiger partial charge is 0.480 e.